The van der Waals surface area contributed by atoms with Crippen molar-refractivity contribution < 1.29 is 49.6 Å². The summed E-state index contributed by atoms with van der Waals surface area (Å²) in [5, 5.41) is 68.9. The second kappa shape index (κ2) is 8.30. The van der Waals surface area contributed by atoms with Crippen LogP contribution in [0.15, 0.2) is 45.6 Å². The lowest BCUT2D eigenvalue weighted by atomic mass is 9.99. The van der Waals surface area contributed by atoms with Crippen molar-refractivity contribution in [2.45, 2.75) is 30.7 Å². The molecule has 1 aliphatic heterocycles. The van der Waals surface area contributed by atoms with Gasteiger partial charge in [-0.05, 0) is 24.3 Å². The molecule has 0 spiro atoms. The van der Waals surface area contributed by atoms with Crippen LogP contribution in [0.25, 0.3) is 22.3 Å². The zero-order chi connectivity index (χ0) is 23.2. The Kier molecular flexibility index (Phi) is 5.67. The van der Waals surface area contributed by atoms with E-state index >= 15 is 0 Å². The van der Waals surface area contributed by atoms with Gasteiger partial charge in [-0.25, -0.2) is 0 Å². The molecule has 0 radical (unpaired) electrons. The van der Waals surface area contributed by atoms with Gasteiger partial charge in [-0.1, -0.05) is 0 Å². The predicted molar refractivity (Wildman–Crippen MR) is 107 cm³/mol. The summed E-state index contributed by atoms with van der Waals surface area (Å²) in [6, 6.07) is 7.69. The molecule has 1 saturated heterocycles. The monoisotopic (exact) mass is 448 g/mol. The van der Waals surface area contributed by atoms with Gasteiger partial charge >= 0.3 is 0 Å². The molecule has 1 fully saturated rings. The molecule has 0 saturated carbocycles. The summed E-state index contributed by atoms with van der Waals surface area (Å²) in [6.45, 7) is -0.655. The molecule has 4 rings (SSSR count). The lowest BCUT2D eigenvalue weighted by Crippen LogP contribution is -2.60. The van der Waals surface area contributed by atoms with Gasteiger partial charge in [-0.2, -0.15) is 0 Å². The van der Waals surface area contributed by atoms with Gasteiger partial charge in [0, 0.05) is 17.7 Å². The van der Waals surface area contributed by atoms with Gasteiger partial charge in [-0.3, -0.25) is 4.79 Å². The first-order valence-corrected chi connectivity index (χ1v) is 9.50. The van der Waals surface area contributed by atoms with Crippen molar-refractivity contribution in [3.05, 3.63) is 46.6 Å². The number of phenols is 2. The molecule has 2 aromatic carbocycles. The number of benzene rings is 2. The van der Waals surface area contributed by atoms with Gasteiger partial charge in [0.05, 0.1) is 6.61 Å². The quantitative estimate of drug-likeness (QED) is 0.279. The summed E-state index contributed by atoms with van der Waals surface area (Å²) >= 11 is 0. The molecule has 3 aromatic rings. The molecule has 170 valence electrons. The van der Waals surface area contributed by atoms with E-state index < -0.39 is 54.2 Å². The maximum Gasteiger partial charge on any atom is 0.238 e. The Morgan fingerprint density at radius 1 is 0.938 bits per heavy atom. The molecular formula is C21H20O11. The molecule has 1 aromatic heterocycles. The molecule has 0 amide bonds. The van der Waals surface area contributed by atoms with E-state index in [0.717, 1.165) is 6.07 Å². The minimum absolute atomic E-state index is 0.0377. The third-order valence-corrected chi connectivity index (χ3v) is 5.15. The van der Waals surface area contributed by atoms with Crippen molar-refractivity contribution in [3.8, 4) is 34.3 Å². The SMILES string of the molecule is O=c1c(O)c(-c2ccc(O)cc2)oc2cc(O[C@@H]3O[C@@H](CO)[C@H](O)[C@H](O)[C@@H]3O)cc(O)c12. The molecule has 11 nitrogen and oxygen atoms in total. The first kappa shape index (κ1) is 21.9. The Bertz CT molecular complexity index is 1190. The van der Waals surface area contributed by atoms with Crippen LogP contribution in [-0.2, 0) is 4.74 Å². The summed E-state index contributed by atoms with van der Waals surface area (Å²) in [5.74, 6) is -1.73. The van der Waals surface area contributed by atoms with Crippen LogP contribution in [0.2, 0.25) is 0 Å². The molecule has 32 heavy (non-hydrogen) atoms. The molecular weight excluding hydrogens is 428 g/mol. The summed E-state index contributed by atoms with van der Waals surface area (Å²) in [6.07, 6.45) is -7.67. The first-order chi connectivity index (χ1) is 15.2. The van der Waals surface area contributed by atoms with Gasteiger partial charge in [0.2, 0.25) is 17.5 Å². The third-order valence-electron chi connectivity index (χ3n) is 5.15. The topological polar surface area (TPSA) is 190 Å². The largest absolute Gasteiger partial charge is 0.508 e. The lowest BCUT2D eigenvalue weighted by Gasteiger charge is -2.39. The van der Waals surface area contributed by atoms with E-state index in [-0.39, 0.29) is 33.8 Å². The highest BCUT2D eigenvalue weighted by Crippen LogP contribution is 2.36. The third kappa shape index (κ3) is 3.72. The smallest absolute Gasteiger partial charge is 0.238 e. The minimum atomic E-state index is -1.69. The number of phenolic OH excluding ortho intramolecular Hbond substituents is 2. The molecule has 0 aliphatic carbocycles. The van der Waals surface area contributed by atoms with Crippen LogP contribution >= 0.6 is 0 Å². The van der Waals surface area contributed by atoms with E-state index in [1.165, 1.54) is 30.3 Å². The van der Waals surface area contributed by atoms with E-state index in [1.807, 2.05) is 0 Å². The average Bonchev–Trinajstić information content (AvgIpc) is 2.77. The lowest BCUT2D eigenvalue weighted by molar-refractivity contribution is -0.277. The number of hydrogen-bond acceptors (Lipinski definition) is 11. The van der Waals surface area contributed by atoms with Crippen molar-refractivity contribution >= 4 is 11.0 Å². The maximum atomic E-state index is 12.6. The highest BCUT2D eigenvalue weighted by Gasteiger charge is 2.44. The minimum Gasteiger partial charge on any atom is -0.508 e. The van der Waals surface area contributed by atoms with Crippen LogP contribution < -0.4 is 10.2 Å². The summed E-state index contributed by atoms with van der Waals surface area (Å²) in [7, 11) is 0. The molecule has 0 bridgehead atoms. The Balaban J connectivity index is 1.75. The number of aliphatic hydroxyl groups excluding tert-OH is 4. The average molecular weight is 448 g/mol. The highest BCUT2D eigenvalue weighted by atomic mass is 16.7. The van der Waals surface area contributed by atoms with Gasteiger partial charge in [0.25, 0.3) is 0 Å². The van der Waals surface area contributed by atoms with Crippen molar-refractivity contribution in [1.82, 2.24) is 0 Å². The number of hydrogen-bond donors (Lipinski definition) is 7. The summed E-state index contributed by atoms with van der Waals surface area (Å²) in [4.78, 5) is 12.6. The van der Waals surface area contributed by atoms with Gasteiger partial charge in [0.1, 0.15) is 52.6 Å². The van der Waals surface area contributed by atoms with Crippen molar-refractivity contribution in [1.29, 1.82) is 0 Å². The highest BCUT2D eigenvalue weighted by molar-refractivity contribution is 5.88. The number of aromatic hydroxyl groups is 3. The van der Waals surface area contributed by atoms with Crippen LogP contribution in [0, 0.1) is 0 Å². The van der Waals surface area contributed by atoms with Crippen molar-refractivity contribution in [2.75, 3.05) is 6.61 Å². The van der Waals surface area contributed by atoms with E-state index in [4.69, 9.17) is 13.9 Å². The first-order valence-electron chi connectivity index (χ1n) is 9.50. The second-order valence-electron chi connectivity index (χ2n) is 7.29. The maximum absolute atomic E-state index is 12.6. The number of aliphatic hydroxyl groups is 4. The van der Waals surface area contributed by atoms with Crippen LogP contribution in [0.1, 0.15) is 0 Å². The van der Waals surface area contributed by atoms with Crippen molar-refractivity contribution in [2.24, 2.45) is 0 Å². The summed E-state index contributed by atoms with van der Waals surface area (Å²) in [5.41, 5.74) is -0.805. The van der Waals surface area contributed by atoms with Crippen LogP contribution in [0.4, 0.5) is 0 Å². The van der Waals surface area contributed by atoms with Crippen LogP contribution in [0.3, 0.4) is 0 Å². The fourth-order valence-corrected chi connectivity index (χ4v) is 3.44. The Morgan fingerprint density at radius 2 is 1.62 bits per heavy atom. The summed E-state index contributed by atoms with van der Waals surface area (Å²) < 4.78 is 16.3. The number of rotatable bonds is 4. The number of ether oxygens (including phenoxy) is 2. The second-order valence-corrected chi connectivity index (χ2v) is 7.29. The Morgan fingerprint density at radius 3 is 2.28 bits per heavy atom. The van der Waals surface area contributed by atoms with Gasteiger partial charge in [0.15, 0.2) is 5.76 Å². The van der Waals surface area contributed by atoms with E-state index in [9.17, 15) is 40.5 Å². The zero-order valence-electron chi connectivity index (χ0n) is 16.3. The Labute approximate surface area is 179 Å². The molecule has 5 atom stereocenters. The van der Waals surface area contributed by atoms with E-state index in [2.05, 4.69) is 0 Å². The number of fused-ring (bicyclic) bond motifs is 1. The fourth-order valence-electron chi connectivity index (χ4n) is 3.44. The van der Waals surface area contributed by atoms with E-state index in [0.29, 0.717) is 0 Å². The molecule has 1 aliphatic rings. The van der Waals surface area contributed by atoms with Crippen LogP contribution in [0.5, 0.6) is 23.0 Å². The molecule has 0 unspecified atom stereocenters. The van der Waals surface area contributed by atoms with E-state index in [1.54, 1.807) is 0 Å². The van der Waals surface area contributed by atoms with Crippen LogP contribution in [-0.4, -0.2) is 73.1 Å². The van der Waals surface area contributed by atoms with Gasteiger partial charge < -0.3 is 49.6 Å². The van der Waals surface area contributed by atoms with Gasteiger partial charge in [-0.15, -0.1) is 0 Å². The molecule has 11 heteroatoms. The molecule has 2 heterocycles. The predicted octanol–water partition coefficient (Wildman–Crippen LogP) is -0.245. The standard InChI is InChI=1S/C21H20O11/c22-7-13-15(25)17(27)19(29)21(32-13)30-10-5-11(24)14-12(6-10)31-20(18(28)16(14)26)8-1-3-9(23)4-2-8/h1-6,13,15,17,19,21-25,27-29H,7H2/t13-,15-,17-,19-,21+/m0/s1. The normalized spacial score (nSPS) is 25.7. The fraction of sp³-hybridized carbons (Fsp3) is 0.286. The van der Waals surface area contributed by atoms with Crippen molar-refractivity contribution in [3.63, 3.8) is 0 Å². The molecule has 7 N–H and O–H groups in total. The zero-order valence-corrected chi connectivity index (χ0v) is 16.3. The Hall–Kier alpha value is -3.35.